The second-order valence-electron chi connectivity index (χ2n) is 8.36. The fourth-order valence-electron chi connectivity index (χ4n) is 4.88. The molecule has 0 N–H and O–H groups in total. The molecule has 3 aliphatic rings. The van der Waals surface area contributed by atoms with Gasteiger partial charge in [0.2, 0.25) is 5.91 Å². The van der Waals surface area contributed by atoms with Crippen LogP contribution in [0.2, 0.25) is 0 Å². The molecule has 0 aromatic carbocycles. The van der Waals surface area contributed by atoms with Crippen molar-refractivity contribution in [3.8, 4) is 0 Å². The summed E-state index contributed by atoms with van der Waals surface area (Å²) in [6, 6.07) is 4.17. The SMILES string of the molecule is Cc1ccc(CN2CCC3(CC2)CC(C(=O)N2CCOCC2)N(C)C3)o1. The molecule has 4 heterocycles. The van der Waals surface area contributed by atoms with Crippen LogP contribution >= 0.6 is 0 Å². The highest BCUT2D eigenvalue weighted by Gasteiger charge is 2.47. The third-order valence-corrected chi connectivity index (χ3v) is 6.44. The Morgan fingerprint density at radius 2 is 1.92 bits per heavy atom. The number of aryl methyl sites for hydroxylation is 1. The quantitative estimate of drug-likeness (QED) is 0.821. The van der Waals surface area contributed by atoms with Crippen LogP contribution in [0.15, 0.2) is 16.5 Å². The molecular weight excluding hydrogens is 330 g/mol. The van der Waals surface area contributed by atoms with E-state index >= 15 is 0 Å². The highest BCUT2D eigenvalue weighted by molar-refractivity contribution is 5.82. The number of likely N-dealkylation sites (N-methyl/N-ethyl adjacent to an activating group) is 1. The summed E-state index contributed by atoms with van der Waals surface area (Å²) in [6.07, 6.45) is 3.35. The number of hydrogen-bond acceptors (Lipinski definition) is 5. The van der Waals surface area contributed by atoms with Gasteiger partial charge in [-0.1, -0.05) is 0 Å². The molecule has 6 nitrogen and oxygen atoms in total. The molecule has 0 bridgehead atoms. The van der Waals surface area contributed by atoms with Crippen LogP contribution in [0.1, 0.15) is 30.8 Å². The van der Waals surface area contributed by atoms with Crippen LogP contribution in [0.5, 0.6) is 0 Å². The van der Waals surface area contributed by atoms with E-state index in [9.17, 15) is 4.79 Å². The Balaban J connectivity index is 1.33. The van der Waals surface area contributed by atoms with E-state index in [1.807, 2.05) is 17.9 Å². The van der Waals surface area contributed by atoms with E-state index in [1.165, 1.54) is 12.8 Å². The summed E-state index contributed by atoms with van der Waals surface area (Å²) < 4.78 is 11.1. The van der Waals surface area contributed by atoms with Gasteiger partial charge in [0, 0.05) is 19.6 Å². The standard InChI is InChI=1S/C20H31N3O3/c1-16-3-4-17(26-16)14-22-7-5-20(6-8-22)13-18(21(2)15-20)19(24)23-9-11-25-12-10-23/h3-4,18H,5-15H2,1-2H3. The van der Waals surface area contributed by atoms with E-state index in [0.29, 0.717) is 24.5 Å². The summed E-state index contributed by atoms with van der Waals surface area (Å²) in [5.41, 5.74) is 0.303. The molecule has 6 heteroatoms. The van der Waals surface area contributed by atoms with Gasteiger partial charge in [0.25, 0.3) is 0 Å². The van der Waals surface area contributed by atoms with Crippen molar-refractivity contribution >= 4 is 5.91 Å². The molecule has 1 aromatic heterocycles. The number of carbonyl (C=O) groups is 1. The number of piperidine rings is 1. The Morgan fingerprint density at radius 3 is 2.58 bits per heavy atom. The van der Waals surface area contributed by atoms with Gasteiger partial charge in [-0.2, -0.15) is 0 Å². The molecule has 26 heavy (non-hydrogen) atoms. The van der Waals surface area contributed by atoms with Gasteiger partial charge >= 0.3 is 0 Å². The van der Waals surface area contributed by atoms with Crippen molar-refractivity contribution in [3.63, 3.8) is 0 Å². The number of ether oxygens (including phenoxy) is 1. The minimum Gasteiger partial charge on any atom is -0.465 e. The number of carbonyl (C=O) groups excluding carboxylic acids is 1. The molecule has 1 atom stereocenters. The zero-order chi connectivity index (χ0) is 18.1. The minimum absolute atomic E-state index is 0.0485. The van der Waals surface area contributed by atoms with Gasteiger partial charge < -0.3 is 14.1 Å². The fraction of sp³-hybridized carbons (Fsp3) is 0.750. The first-order chi connectivity index (χ1) is 12.5. The summed E-state index contributed by atoms with van der Waals surface area (Å²) in [7, 11) is 2.12. The molecule has 3 saturated heterocycles. The number of likely N-dealkylation sites (tertiary alicyclic amines) is 2. The molecule has 144 valence electrons. The summed E-state index contributed by atoms with van der Waals surface area (Å²) in [5, 5.41) is 0. The molecular formula is C20H31N3O3. The van der Waals surface area contributed by atoms with Crippen LogP contribution in [-0.2, 0) is 16.1 Å². The normalized spacial score (nSPS) is 27.3. The lowest BCUT2D eigenvalue weighted by Gasteiger charge is -2.39. The maximum Gasteiger partial charge on any atom is 0.240 e. The van der Waals surface area contributed by atoms with Crippen LogP contribution in [-0.4, -0.2) is 79.6 Å². The minimum atomic E-state index is 0.0485. The number of hydrogen-bond donors (Lipinski definition) is 0. The molecule has 1 aromatic rings. The monoisotopic (exact) mass is 361 g/mol. The topological polar surface area (TPSA) is 49.2 Å². The van der Waals surface area contributed by atoms with Crippen molar-refractivity contribution < 1.29 is 13.9 Å². The smallest absolute Gasteiger partial charge is 0.240 e. The Kier molecular flexibility index (Phi) is 5.08. The molecule has 1 unspecified atom stereocenters. The van der Waals surface area contributed by atoms with E-state index in [-0.39, 0.29) is 6.04 Å². The number of amides is 1. The average Bonchev–Trinajstić information content (AvgIpc) is 3.20. The summed E-state index contributed by atoms with van der Waals surface area (Å²) in [6.45, 7) is 8.95. The Hall–Kier alpha value is -1.37. The summed E-state index contributed by atoms with van der Waals surface area (Å²) in [5.74, 6) is 2.35. The van der Waals surface area contributed by atoms with Gasteiger partial charge in [0.1, 0.15) is 11.5 Å². The highest BCUT2D eigenvalue weighted by Crippen LogP contribution is 2.43. The molecule has 3 fully saturated rings. The van der Waals surface area contributed by atoms with E-state index in [2.05, 4.69) is 22.9 Å². The van der Waals surface area contributed by atoms with Gasteiger partial charge in [-0.25, -0.2) is 0 Å². The van der Waals surface area contributed by atoms with Crippen LogP contribution < -0.4 is 0 Å². The number of rotatable bonds is 3. The van der Waals surface area contributed by atoms with E-state index in [4.69, 9.17) is 9.15 Å². The predicted molar refractivity (Wildman–Crippen MR) is 98.8 cm³/mol. The second-order valence-corrected chi connectivity index (χ2v) is 8.36. The maximum atomic E-state index is 13.0. The van der Waals surface area contributed by atoms with Gasteiger partial charge in [-0.05, 0) is 63.9 Å². The average molecular weight is 361 g/mol. The van der Waals surface area contributed by atoms with Crippen molar-refractivity contribution in [1.82, 2.24) is 14.7 Å². The number of morpholine rings is 1. The molecule has 3 aliphatic heterocycles. The third kappa shape index (κ3) is 3.68. The first-order valence-corrected chi connectivity index (χ1v) is 9.89. The predicted octanol–water partition coefficient (Wildman–Crippen LogP) is 1.73. The summed E-state index contributed by atoms with van der Waals surface area (Å²) >= 11 is 0. The van der Waals surface area contributed by atoms with Crippen molar-refractivity contribution in [2.45, 2.75) is 38.8 Å². The fourth-order valence-corrected chi connectivity index (χ4v) is 4.88. The van der Waals surface area contributed by atoms with E-state index in [1.54, 1.807) is 0 Å². The van der Waals surface area contributed by atoms with Gasteiger partial charge in [0.05, 0.1) is 25.8 Å². The highest BCUT2D eigenvalue weighted by atomic mass is 16.5. The van der Waals surface area contributed by atoms with Crippen LogP contribution in [0.3, 0.4) is 0 Å². The molecule has 1 spiro atoms. The molecule has 4 rings (SSSR count). The molecule has 1 amide bonds. The van der Waals surface area contributed by atoms with E-state index in [0.717, 1.165) is 57.2 Å². The summed E-state index contributed by atoms with van der Waals surface area (Å²) in [4.78, 5) is 19.7. The van der Waals surface area contributed by atoms with Gasteiger partial charge in [-0.3, -0.25) is 14.6 Å². The second kappa shape index (κ2) is 7.33. The Morgan fingerprint density at radius 1 is 1.19 bits per heavy atom. The Labute approximate surface area is 156 Å². The zero-order valence-electron chi connectivity index (χ0n) is 16.1. The third-order valence-electron chi connectivity index (χ3n) is 6.44. The van der Waals surface area contributed by atoms with Crippen molar-refractivity contribution in [2.75, 3.05) is 53.0 Å². The molecule has 0 radical (unpaired) electrons. The largest absolute Gasteiger partial charge is 0.465 e. The first-order valence-electron chi connectivity index (χ1n) is 9.89. The Bertz CT molecular complexity index is 630. The van der Waals surface area contributed by atoms with Crippen LogP contribution in [0.25, 0.3) is 0 Å². The van der Waals surface area contributed by atoms with Crippen LogP contribution in [0, 0.1) is 12.3 Å². The van der Waals surface area contributed by atoms with Crippen LogP contribution in [0.4, 0.5) is 0 Å². The number of nitrogens with zero attached hydrogens (tertiary/aromatic N) is 3. The van der Waals surface area contributed by atoms with Crippen molar-refractivity contribution in [3.05, 3.63) is 23.7 Å². The number of furan rings is 1. The lowest BCUT2D eigenvalue weighted by atomic mass is 9.76. The lowest BCUT2D eigenvalue weighted by molar-refractivity contribution is -0.139. The zero-order valence-corrected chi connectivity index (χ0v) is 16.1. The van der Waals surface area contributed by atoms with Crippen molar-refractivity contribution in [2.24, 2.45) is 5.41 Å². The molecule has 0 aliphatic carbocycles. The van der Waals surface area contributed by atoms with Gasteiger partial charge in [0.15, 0.2) is 0 Å². The maximum absolute atomic E-state index is 13.0. The van der Waals surface area contributed by atoms with Crippen molar-refractivity contribution in [1.29, 1.82) is 0 Å². The van der Waals surface area contributed by atoms with E-state index < -0.39 is 0 Å². The first kappa shape index (κ1) is 18.0. The van der Waals surface area contributed by atoms with Gasteiger partial charge in [-0.15, -0.1) is 0 Å². The molecule has 0 saturated carbocycles. The lowest BCUT2D eigenvalue weighted by Crippen LogP contribution is -2.48.